The summed E-state index contributed by atoms with van der Waals surface area (Å²) in [4.78, 5) is 2.16. The zero-order chi connectivity index (χ0) is 14.4. The number of nitrogens with zero attached hydrogens (tertiary/aromatic N) is 1. The minimum Gasteiger partial charge on any atom is -0.460 e. The first kappa shape index (κ1) is 14.8. The third-order valence-electron chi connectivity index (χ3n) is 3.06. The maximum Gasteiger partial charge on any atom is 0.137 e. The molecular weight excluding hydrogens is 255 g/mol. The summed E-state index contributed by atoms with van der Waals surface area (Å²) in [5, 5.41) is 3.32. The molecule has 0 amide bonds. The first-order valence-electron chi connectivity index (χ1n) is 6.86. The second kappa shape index (κ2) is 7.22. The fourth-order valence-corrected chi connectivity index (χ4v) is 2.01. The Balaban J connectivity index is 1.85. The van der Waals surface area contributed by atoms with Crippen molar-refractivity contribution in [3.05, 3.63) is 48.0 Å². The minimum absolute atomic E-state index is 0.257. The van der Waals surface area contributed by atoms with Crippen molar-refractivity contribution in [3.63, 3.8) is 0 Å². The van der Waals surface area contributed by atoms with Crippen LogP contribution in [0.3, 0.4) is 0 Å². The smallest absolute Gasteiger partial charge is 0.137 e. The van der Waals surface area contributed by atoms with Crippen molar-refractivity contribution in [1.82, 2.24) is 10.2 Å². The fourth-order valence-electron chi connectivity index (χ4n) is 2.01. The highest BCUT2D eigenvalue weighted by Crippen LogP contribution is 2.24. The van der Waals surface area contributed by atoms with Gasteiger partial charge in [-0.15, -0.1) is 0 Å². The van der Waals surface area contributed by atoms with Gasteiger partial charge in [-0.05, 0) is 57.9 Å². The highest BCUT2D eigenvalue weighted by atomic mass is 19.1. The van der Waals surface area contributed by atoms with Gasteiger partial charge in [0.1, 0.15) is 17.3 Å². The van der Waals surface area contributed by atoms with Crippen LogP contribution in [-0.2, 0) is 6.54 Å². The highest BCUT2D eigenvalue weighted by Gasteiger charge is 2.08. The van der Waals surface area contributed by atoms with E-state index >= 15 is 0 Å². The van der Waals surface area contributed by atoms with Crippen LogP contribution in [-0.4, -0.2) is 32.1 Å². The van der Waals surface area contributed by atoms with E-state index in [0.29, 0.717) is 17.9 Å². The van der Waals surface area contributed by atoms with Crippen LogP contribution in [0, 0.1) is 5.82 Å². The number of benzene rings is 1. The van der Waals surface area contributed by atoms with Gasteiger partial charge in [-0.1, -0.05) is 12.1 Å². The van der Waals surface area contributed by atoms with Gasteiger partial charge in [0.15, 0.2) is 0 Å². The van der Waals surface area contributed by atoms with Gasteiger partial charge in [0.2, 0.25) is 0 Å². The number of rotatable bonds is 7. The number of hydrogen-bond acceptors (Lipinski definition) is 3. The lowest BCUT2D eigenvalue weighted by atomic mass is 10.1. The number of nitrogens with one attached hydrogen (secondary N) is 1. The Kier molecular flexibility index (Phi) is 5.32. The Morgan fingerprint density at radius 3 is 2.70 bits per heavy atom. The molecular formula is C16H21FN2O. The molecule has 0 bridgehead atoms. The van der Waals surface area contributed by atoms with Crippen molar-refractivity contribution < 1.29 is 8.81 Å². The molecule has 108 valence electrons. The summed E-state index contributed by atoms with van der Waals surface area (Å²) in [6.07, 6.45) is 1.09. The second-order valence-electron chi connectivity index (χ2n) is 5.08. The van der Waals surface area contributed by atoms with Crippen molar-refractivity contribution >= 4 is 0 Å². The Labute approximate surface area is 119 Å². The Morgan fingerprint density at radius 2 is 1.95 bits per heavy atom. The summed E-state index contributed by atoms with van der Waals surface area (Å²) in [6, 6.07) is 10.4. The van der Waals surface area contributed by atoms with Crippen molar-refractivity contribution in [1.29, 1.82) is 0 Å². The second-order valence-corrected chi connectivity index (χ2v) is 5.08. The predicted molar refractivity (Wildman–Crippen MR) is 79.0 cm³/mol. The Hall–Kier alpha value is -1.65. The maximum atomic E-state index is 13.6. The summed E-state index contributed by atoms with van der Waals surface area (Å²) in [7, 11) is 4.13. The molecule has 4 heteroatoms. The third kappa shape index (κ3) is 4.18. The summed E-state index contributed by atoms with van der Waals surface area (Å²) in [6.45, 7) is 2.67. The standard InChI is InChI=1S/C16H21FN2O/c1-19(2)11-5-10-18-12-13-8-9-16(20-13)14-6-3-4-7-15(14)17/h3-4,6-9,18H,5,10-12H2,1-2H3. The van der Waals surface area contributed by atoms with Crippen molar-refractivity contribution in [2.75, 3.05) is 27.2 Å². The molecule has 0 spiro atoms. The highest BCUT2D eigenvalue weighted by molar-refractivity contribution is 5.58. The lowest BCUT2D eigenvalue weighted by molar-refractivity contribution is 0.391. The van der Waals surface area contributed by atoms with Crippen LogP contribution in [0.1, 0.15) is 12.2 Å². The first-order valence-corrected chi connectivity index (χ1v) is 6.86. The van der Waals surface area contributed by atoms with E-state index in [9.17, 15) is 4.39 Å². The van der Waals surface area contributed by atoms with Gasteiger partial charge in [-0.2, -0.15) is 0 Å². The van der Waals surface area contributed by atoms with Crippen LogP contribution in [0.15, 0.2) is 40.8 Å². The molecule has 20 heavy (non-hydrogen) atoms. The predicted octanol–water partition coefficient (Wildman–Crippen LogP) is 3.13. The normalized spacial score (nSPS) is 11.2. The molecule has 0 unspecified atom stereocenters. The molecule has 1 aromatic carbocycles. The molecule has 0 atom stereocenters. The van der Waals surface area contributed by atoms with Crippen LogP contribution in [0.4, 0.5) is 4.39 Å². The number of hydrogen-bond donors (Lipinski definition) is 1. The average Bonchev–Trinajstić information content (AvgIpc) is 2.87. The lowest BCUT2D eigenvalue weighted by Gasteiger charge is -2.09. The van der Waals surface area contributed by atoms with Crippen LogP contribution in [0.2, 0.25) is 0 Å². The van der Waals surface area contributed by atoms with Gasteiger partial charge in [0.25, 0.3) is 0 Å². The van der Waals surface area contributed by atoms with Crippen LogP contribution < -0.4 is 5.32 Å². The van der Waals surface area contributed by atoms with Gasteiger partial charge in [-0.3, -0.25) is 0 Å². The van der Waals surface area contributed by atoms with Gasteiger partial charge in [0.05, 0.1) is 12.1 Å². The van der Waals surface area contributed by atoms with Crippen LogP contribution in [0.5, 0.6) is 0 Å². The van der Waals surface area contributed by atoms with Crippen molar-refractivity contribution in [2.45, 2.75) is 13.0 Å². The maximum absolute atomic E-state index is 13.6. The topological polar surface area (TPSA) is 28.4 Å². The van der Waals surface area contributed by atoms with E-state index in [-0.39, 0.29) is 5.82 Å². The molecule has 0 aliphatic carbocycles. The summed E-state index contributed by atoms with van der Waals surface area (Å²) in [5.74, 6) is 1.15. The molecule has 0 radical (unpaired) electrons. The summed E-state index contributed by atoms with van der Waals surface area (Å²) < 4.78 is 19.3. The minimum atomic E-state index is -0.257. The van der Waals surface area contributed by atoms with E-state index in [1.807, 2.05) is 12.1 Å². The molecule has 1 heterocycles. The Morgan fingerprint density at radius 1 is 1.15 bits per heavy atom. The van der Waals surface area contributed by atoms with E-state index < -0.39 is 0 Å². The molecule has 1 N–H and O–H groups in total. The van der Waals surface area contributed by atoms with Gasteiger partial charge in [-0.25, -0.2) is 4.39 Å². The largest absolute Gasteiger partial charge is 0.460 e. The molecule has 1 aromatic heterocycles. The number of halogens is 1. The third-order valence-corrected chi connectivity index (χ3v) is 3.06. The zero-order valence-corrected chi connectivity index (χ0v) is 12.0. The quantitative estimate of drug-likeness (QED) is 0.788. The molecule has 3 nitrogen and oxygen atoms in total. The summed E-state index contributed by atoms with van der Waals surface area (Å²) in [5.41, 5.74) is 0.506. The fraction of sp³-hybridized carbons (Fsp3) is 0.375. The van der Waals surface area contributed by atoms with E-state index in [0.717, 1.165) is 25.3 Å². The van der Waals surface area contributed by atoms with E-state index in [4.69, 9.17) is 4.42 Å². The van der Waals surface area contributed by atoms with Crippen LogP contribution in [0.25, 0.3) is 11.3 Å². The molecule has 0 saturated carbocycles. The molecule has 2 aromatic rings. The van der Waals surface area contributed by atoms with Crippen LogP contribution >= 0.6 is 0 Å². The van der Waals surface area contributed by atoms with Gasteiger partial charge in [0, 0.05) is 0 Å². The molecule has 0 aliphatic rings. The van der Waals surface area contributed by atoms with E-state index in [2.05, 4.69) is 24.3 Å². The summed E-state index contributed by atoms with van der Waals surface area (Å²) >= 11 is 0. The van der Waals surface area contributed by atoms with Crippen molar-refractivity contribution in [3.8, 4) is 11.3 Å². The number of furan rings is 1. The average molecular weight is 276 g/mol. The first-order chi connectivity index (χ1) is 9.66. The zero-order valence-electron chi connectivity index (χ0n) is 12.0. The van der Waals surface area contributed by atoms with E-state index in [1.54, 1.807) is 18.2 Å². The van der Waals surface area contributed by atoms with Gasteiger partial charge >= 0.3 is 0 Å². The molecule has 0 fully saturated rings. The monoisotopic (exact) mass is 276 g/mol. The Bertz CT molecular complexity index is 537. The molecule has 0 saturated heterocycles. The SMILES string of the molecule is CN(C)CCCNCc1ccc(-c2ccccc2F)o1. The van der Waals surface area contributed by atoms with Gasteiger partial charge < -0.3 is 14.6 Å². The van der Waals surface area contributed by atoms with Crippen molar-refractivity contribution in [2.24, 2.45) is 0 Å². The van der Waals surface area contributed by atoms with E-state index in [1.165, 1.54) is 6.07 Å². The lowest BCUT2D eigenvalue weighted by Crippen LogP contribution is -2.20. The molecule has 0 aliphatic heterocycles. The molecule has 2 rings (SSSR count).